The predicted molar refractivity (Wildman–Crippen MR) is 99.8 cm³/mol. The third-order valence-corrected chi connectivity index (χ3v) is 4.99. The number of hydrogen-bond acceptors (Lipinski definition) is 6. The van der Waals surface area contributed by atoms with Crippen LogP contribution in [0.2, 0.25) is 0 Å². The standard InChI is InChI=1S/C20H19N5O2/c1-19(2)11-20(17(26)25(3)18(22)24-20)14-9-13(4-5-16(14)27-19)15-8-12(10-21)6-7-23-15/h4-9H,11H2,1-3H3,(H2,22,24). The van der Waals surface area contributed by atoms with Gasteiger partial charge < -0.3 is 10.5 Å². The van der Waals surface area contributed by atoms with Crippen LogP contribution in [0.5, 0.6) is 5.75 Å². The van der Waals surface area contributed by atoms with E-state index in [2.05, 4.69) is 16.0 Å². The summed E-state index contributed by atoms with van der Waals surface area (Å²) >= 11 is 0. The molecule has 0 radical (unpaired) electrons. The molecule has 2 aliphatic rings. The van der Waals surface area contributed by atoms with E-state index in [9.17, 15) is 4.79 Å². The van der Waals surface area contributed by atoms with Gasteiger partial charge in [-0.25, -0.2) is 4.99 Å². The smallest absolute Gasteiger partial charge is 0.261 e. The Balaban J connectivity index is 1.92. The molecule has 2 aromatic rings. The van der Waals surface area contributed by atoms with Crippen LogP contribution in [0.15, 0.2) is 41.5 Å². The third kappa shape index (κ3) is 2.53. The summed E-state index contributed by atoms with van der Waals surface area (Å²) in [5, 5.41) is 9.14. The molecule has 1 atom stereocenters. The second-order valence-corrected chi connectivity index (χ2v) is 7.49. The molecule has 3 heterocycles. The normalized spacial score (nSPS) is 22.8. The maximum atomic E-state index is 13.1. The summed E-state index contributed by atoms with van der Waals surface area (Å²) in [4.78, 5) is 23.4. The van der Waals surface area contributed by atoms with Crippen molar-refractivity contribution < 1.29 is 9.53 Å². The molecule has 0 fully saturated rings. The second kappa shape index (κ2) is 5.55. The van der Waals surface area contributed by atoms with Gasteiger partial charge in [0.2, 0.25) is 0 Å². The SMILES string of the molecule is CN1C(=O)C2(CC(C)(C)Oc3ccc(-c4cc(C#N)ccn4)cc32)N=C1N. The van der Waals surface area contributed by atoms with Crippen LogP contribution < -0.4 is 10.5 Å². The average molecular weight is 361 g/mol. The lowest BCUT2D eigenvalue weighted by molar-refractivity contribution is -0.133. The number of guanidine groups is 1. The molecule has 4 rings (SSSR count). The van der Waals surface area contributed by atoms with E-state index >= 15 is 0 Å². The zero-order valence-corrected chi connectivity index (χ0v) is 15.4. The topological polar surface area (TPSA) is 105 Å². The van der Waals surface area contributed by atoms with Crippen molar-refractivity contribution in [2.45, 2.75) is 31.4 Å². The molecule has 2 N–H and O–H groups in total. The fraction of sp³-hybridized carbons (Fsp3) is 0.300. The van der Waals surface area contributed by atoms with E-state index in [0.717, 1.165) is 5.56 Å². The summed E-state index contributed by atoms with van der Waals surface area (Å²) in [6.45, 7) is 3.86. The molecule has 0 saturated carbocycles. The third-order valence-electron chi connectivity index (χ3n) is 4.99. The van der Waals surface area contributed by atoms with Crippen molar-refractivity contribution in [2.24, 2.45) is 10.7 Å². The molecule has 27 heavy (non-hydrogen) atoms. The molecule has 2 aliphatic heterocycles. The van der Waals surface area contributed by atoms with E-state index in [4.69, 9.17) is 15.7 Å². The lowest BCUT2D eigenvalue weighted by atomic mass is 9.77. The van der Waals surface area contributed by atoms with Crippen molar-refractivity contribution in [1.82, 2.24) is 9.88 Å². The highest BCUT2D eigenvalue weighted by atomic mass is 16.5. The van der Waals surface area contributed by atoms with Gasteiger partial charge in [0, 0.05) is 30.8 Å². The zero-order valence-electron chi connectivity index (χ0n) is 15.4. The van der Waals surface area contributed by atoms with Gasteiger partial charge in [-0.2, -0.15) is 5.26 Å². The Morgan fingerprint density at radius 2 is 2.07 bits per heavy atom. The Kier molecular flexibility index (Phi) is 3.50. The van der Waals surface area contributed by atoms with Crippen molar-refractivity contribution in [1.29, 1.82) is 5.26 Å². The maximum Gasteiger partial charge on any atom is 0.261 e. The molecular weight excluding hydrogens is 342 g/mol. The number of amides is 1. The number of benzene rings is 1. The number of carbonyl (C=O) groups excluding carboxylic acids is 1. The number of nitrogens with two attached hydrogens (primary N) is 1. The van der Waals surface area contributed by atoms with Crippen LogP contribution in [0, 0.1) is 11.3 Å². The fourth-order valence-corrected chi connectivity index (χ4v) is 3.79. The number of ether oxygens (including phenoxy) is 1. The minimum absolute atomic E-state index is 0.173. The number of rotatable bonds is 1. The van der Waals surface area contributed by atoms with Gasteiger partial charge in [-0.1, -0.05) is 0 Å². The van der Waals surface area contributed by atoms with Gasteiger partial charge in [-0.05, 0) is 44.2 Å². The van der Waals surface area contributed by atoms with Crippen molar-refractivity contribution in [2.75, 3.05) is 7.05 Å². The Morgan fingerprint density at radius 3 is 2.74 bits per heavy atom. The van der Waals surface area contributed by atoms with Crippen molar-refractivity contribution in [3.05, 3.63) is 47.7 Å². The molecule has 0 bridgehead atoms. The number of aliphatic imine (C=N–C) groups is 1. The van der Waals surface area contributed by atoms with Crippen LogP contribution in [0.4, 0.5) is 0 Å². The van der Waals surface area contributed by atoms with E-state index in [1.807, 2.05) is 32.0 Å². The average Bonchev–Trinajstić information content (AvgIpc) is 2.85. The largest absolute Gasteiger partial charge is 0.487 e. The van der Waals surface area contributed by atoms with Crippen LogP contribution >= 0.6 is 0 Å². The monoisotopic (exact) mass is 361 g/mol. The number of likely N-dealkylation sites (N-methyl/N-ethyl adjacent to an activating group) is 1. The highest BCUT2D eigenvalue weighted by Gasteiger charge is 2.55. The number of fused-ring (bicyclic) bond motifs is 2. The summed E-state index contributed by atoms with van der Waals surface area (Å²) in [6, 6.07) is 11.0. The number of hydrogen-bond donors (Lipinski definition) is 1. The highest BCUT2D eigenvalue weighted by Crippen LogP contribution is 2.49. The molecule has 1 unspecified atom stereocenters. The number of nitriles is 1. The van der Waals surface area contributed by atoms with E-state index in [0.29, 0.717) is 29.0 Å². The zero-order chi connectivity index (χ0) is 19.4. The van der Waals surface area contributed by atoms with Crippen LogP contribution in [-0.4, -0.2) is 34.4 Å². The van der Waals surface area contributed by atoms with E-state index in [1.54, 1.807) is 25.4 Å². The molecule has 0 saturated heterocycles. The Bertz CT molecular complexity index is 1040. The Morgan fingerprint density at radius 1 is 1.30 bits per heavy atom. The van der Waals surface area contributed by atoms with Crippen LogP contribution in [0.1, 0.15) is 31.4 Å². The molecular formula is C20H19N5O2. The quantitative estimate of drug-likeness (QED) is 0.838. The fourth-order valence-electron chi connectivity index (χ4n) is 3.79. The van der Waals surface area contributed by atoms with Gasteiger partial charge in [0.05, 0.1) is 17.3 Å². The number of nitrogens with zero attached hydrogens (tertiary/aromatic N) is 4. The molecule has 1 spiro atoms. The number of aromatic nitrogens is 1. The molecule has 1 amide bonds. The van der Waals surface area contributed by atoms with E-state index in [1.165, 1.54) is 4.90 Å². The summed E-state index contributed by atoms with van der Waals surface area (Å²) in [5.74, 6) is 0.624. The molecule has 0 aliphatic carbocycles. The minimum atomic E-state index is -1.11. The van der Waals surface area contributed by atoms with E-state index < -0.39 is 11.1 Å². The molecule has 1 aromatic carbocycles. The van der Waals surface area contributed by atoms with Crippen molar-refractivity contribution in [3.63, 3.8) is 0 Å². The molecule has 1 aromatic heterocycles. The van der Waals surface area contributed by atoms with Crippen LogP contribution in [0.25, 0.3) is 11.3 Å². The number of pyridine rings is 1. The lowest BCUT2D eigenvalue weighted by Crippen LogP contribution is -2.49. The van der Waals surface area contributed by atoms with Crippen molar-refractivity contribution >= 4 is 11.9 Å². The summed E-state index contributed by atoms with van der Waals surface area (Å²) < 4.78 is 6.11. The summed E-state index contributed by atoms with van der Waals surface area (Å²) in [5.41, 5.74) is 6.90. The lowest BCUT2D eigenvalue weighted by Gasteiger charge is -2.41. The van der Waals surface area contributed by atoms with Crippen molar-refractivity contribution in [3.8, 4) is 23.1 Å². The first-order valence-corrected chi connectivity index (χ1v) is 8.59. The molecule has 7 nitrogen and oxygen atoms in total. The van der Waals surface area contributed by atoms with Crippen LogP contribution in [0.3, 0.4) is 0 Å². The Hall–Kier alpha value is -3.40. The highest BCUT2D eigenvalue weighted by molar-refractivity contribution is 6.07. The molecule has 136 valence electrons. The van der Waals surface area contributed by atoms with Gasteiger partial charge in [-0.15, -0.1) is 0 Å². The summed E-state index contributed by atoms with van der Waals surface area (Å²) in [6.07, 6.45) is 1.97. The van der Waals surface area contributed by atoms with E-state index in [-0.39, 0.29) is 11.9 Å². The van der Waals surface area contributed by atoms with Gasteiger partial charge in [0.25, 0.3) is 5.91 Å². The first-order valence-electron chi connectivity index (χ1n) is 8.59. The van der Waals surface area contributed by atoms with Crippen LogP contribution in [-0.2, 0) is 10.3 Å². The minimum Gasteiger partial charge on any atom is -0.487 e. The first-order chi connectivity index (χ1) is 12.8. The first kappa shape index (κ1) is 17.0. The number of carbonyl (C=O) groups is 1. The molecule has 7 heteroatoms. The van der Waals surface area contributed by atoms with Gasteiger partial charge >= 0.3 is 0 Å². The predicted octanol–water partition coefficient (Wildman–Crippen LogP) is 2.16. The van der Waals surface area contributed by atoms with Gasteiger partial charge in [0.15, 0.2) is 11.5 Å². The van der Waals surface area contributed by atoms with Gasteiger partial charge in [-0.3, -0.25) is 14.7 Å². The second-order valence-electron chi connectivity index (χ2n) is 7.49. The summed E-state index contributed by atoms with van der Waals surface area (Å²) in [7, 11) is 1.62. The Labute approximate surface area is 157 Å². The maximum absolute atomic E-state index is 13.1. The van der Waals surface area contributed by atoms with Gasteiger partial charge in [0.1, 0.15) is 11.4 Å².